The van der Waals surface area contributed by atoms with E-state index in [0.717, 1.165) is 19.3 Å². The summed E-state index contributed by atoms with van der Waals surface area (Å²) in [6, 6.07) is 14.1. The van der Waals surface area contributed by atoms with Crippen molar-refractivity contribution in [3.05, 3.63) is 75.6 Å². The third kappa shape index (κ3) is 7.39. The molecule has 0 saturated heterocycles. The average Bonchev–Trinajstić information content (AvgIpc) is 3.27. The molecule has 0 radical (unpaired) electrons. The van der Waals surface area contributed by atoms with Crippen LogP contribution in [0, 0.1) is 17.0 Å². The Morgan fingerprint density at radius 1 is 1.09 bits per heavy atom. The number of thioether (sulfide) groups is 1. The molecule has 35 heavy (non-hydrogen) atoms. The van der Waals surface area contributed by atoms with Crippen LogP contribution in [0.25, 0.3) is 5.69 Å². The normalized spacial score (nSPS) is 11.9. The van der Waals surface area contributed by atoms with E-state index in [9.17, 15) is 14.9 Å². The molecule has 186 valence electrons. The van der Waals surface area contributed by atoms with Crippen LogP contribution in [0.2, 0.25) is 0 Å². The molecule has 3 aromatic rings. The number of aryl methyl sites for hydroxylation is 1. The second-order valence-electron chi connectivity index (χ2n) is 8.62. The summed E-state index contributed by atoms with van der Waals surface area (Å²) in [7, 11) is 0. The molecule has 3 rings (SSSR count). The molecule has 0 spiro atoms. The maximum absolute atomic E-state index is 12.5. The van der Waals surface area contributed by atoms with Gasteiger partial charge in [-0.05, 0) is 43.5 Å². The summed E-state index contributed by atoms with van der Waals surface area (Å²) in [5.74, 6) is 1.28. The highest BCUT2D eigenvalue weighted by atomic mass is 32.2. The van der Waals surface area contributed by atoms with E-state index in [4.69, 9.17) is 0 Å². The molecule has 0 aliphatic rings. The molecule has 0 aliphatic heterocycles. The number of nitro groups is 1. The number of carbonyl (C=O) groups is 1. The van der Waals surface area contributed by atoms with Gasteiger partial charge in [0.15, 0.2) is 11.0 Å². The van der Waals surface area contributed by atoms with Crippen molar-refractivity contribution in [3.8, 4) is 5.69 Å². The highest BCUT2D eigenvalue weighted by Gasteiger charge is 2.21. The zero-order valence-electron chi connectivity index (χ0n) is 20.6. The van der Waals surface area contributed by atoms with Crippen molar-refractivity contribution in [2.75, 3.05) is 0 Å². The standard InChI is InChI=1S/C26H33N5O3S/c1-4-5-6-7-8-13-24(32)27-20(3)25-28-29-26(35-18-21-12-10-9-11-19(21)2)30(25)22-14-16-23(17-15-22)31(33)34/h9-12,14-17,20H,4-8,13,18H2,1-3H3,(H,27,32). The molecule has 1 unspecified atom stereocenters. The molecule has 1 heterocycles. The van der Waals surface area contributed by atoms with Crippen molar-refractivity contribution >= 4 is 23.4 Å². The third-order valence-corrected chi connectivity index (χ3v) is 6.85. The van der Waals surface area contributed by atoms with E-state index < -0.39 is 4.92 Å². The fourth-order valence-corrected chi connectivity index (χ4v) is 4.84. The Morgan fingerprint density at radius 3 is 2.49 bits per heavy atom. The van der Waals surface area contributed by atoms with Crippen LogP contribution in [0.4, 0.5) is 5.69 Å². The first-order valence-corrected chi connectivity index (χ1v) is 13.1. The Labute approximate surface area is 210 Å². The monoisotopic (exact) mass is 495 g/mol. The third-order valence-electron chi connectivity index (χ3n) is 5.87. The lowest BCUT2D eigenvalue weighted by Crippen LogP contribution is -2.28. The van der Waals surface area contributed by atoms with Crippen LogP contribution in [0.3, 0.4) is 0 Å². The van der Waals surface area contributed by atoms with Gasteiger partial charge in [0.25, 0.3) is 5.69 Å². The summed E-state index contributed by atoms with van der Waals surface area (Å²) in [4.78, 5) is 23.2. The number of unbranched alkanes of at least 4 members (excludes halogenated alkanes) is 4. The van der Waals surface area contributed by atoms with Crippen molar-refractivity contribution in [1.29, 1.82) is 0 Å². The number of nitrogens with one attached hydrogen (secondary N) is 1. The molecule has 0 aliphatic carbocycles. The number of nitro benzene ring substituents is 1. The molecule has 1 N–H and O–H groups in total. The van der Waals surface area contributed by atoms with Crippen LogP contribution in [0.15, 0.2) is 53.7 Å². The van der Waals surface area contributed by atoms with Gasteiger partial charge in [0.2, 0.25) is 5.91 Å². The number of non-ortho nitro benzene ring substituents is 1. The first-order valence-electron chi connectivity index (χ1n) is 12.1. The van der Waals surface area contributed by atoms with Gasteiger partial charge in [-0.3, -0.25) is 19.5 Å². The van der Waals surface area contributed by atoms with Gasteiger partial charge < -0.3 is 5.32 Å². The number of aromatic nitrogens is 3. The minimum atomic E-state index is -0.423. The smallest absolute Gasteiger partial charge is 0.269 e. The number of rotatable bonds is 13. The Balaban J connectivity index is 1.80. The lowest BCUT2D eigenvalue weighted by atomic mass is 10.1. The van der Waals surface area contributed by atoms with E-state index in [-0.39, 0.29) is 17.6 Å². The molecule has 8 nitrogen and oxygen atoms in total. The molecular formula is C26H33N5O3S. The highest BCUT2D eigenvalue weighted by molar-refractivity contribution is 7.98. The number of hydrogen-bond acceptors (Lipinski definition) is 6. The molecule has 0 bridgehead atoms. The summed E-state index contributed by atoms with van der Waals surface area (Å²) >= 11 is 1.54. The number of amides is 1. The van der Waals surface area contributed by atoms with Gasteiger partial charge in [-0.1, -0.05) is 68.6 Å². The van der Waals surface area contributed by atoms with E-state index in [1.165, 1.54) is 36.1 Å². The van der Waals surface area contributed by atoms with E-state index in [1.807, 2.05) is 23.6 Å². The summed E-state index contributed by atoms with van der Waals surface area (Å²) in [6.07, 6.45) is 5.91. The lowest BCUT2D eigenvalue weighted by Gasteiger charge is -2.16. The summed E-state index contributed by atoms with van der Waals surface area (Å²) in [5.41, 5.74) is 3.12. The Bertz CT molecular complexity index is 1130. The maximum Gasteiger partial charge on any atom is 0.269 e. The number of benzene rings is 2. The number of carbonyl (C=O) groups excluding carboxylic acids is 1. The predicted octanol–water partition coefficient (Wildman–Crippen LogP) is 6.31. The van der Waals surface area contributed by atoms with Gasteiger partial charge in [-0.2, -0.15) is 0 Å². The predicted molar refractivity (Wildman–Crippen MR) is 139 cm³/mol. The Kier molecular flexibility index (Phi) is 9.84. The summed E-state index contributed by atoms with van der Waals surface area (Å²) in [5, 5.41) is 23.6. The zero-order chi connectivity index (χ0) is 25.2. The van der Waals surface area contributed by atoms with Gasteiger partial charge in [0.05, 0.1) is 11.0 Å². The van der Waals surface area contributed by atoms with Crippen LogP contribution in [0.1, 0.15) is 75.4 Å². The van der Waals surface area contributed by atoms with Gasteiger partial charge >= 0.3 is 0 Å². The van der Waals surface area contributed by atoms with Gasteiger partial charge in [0, 0.05) is 30.0 Å². The van der Waals surface area contributed by atoms with Crippen LogP contribution in [0.5, 0.6) is 0 Å². The van der Waals surface area contributed by atoms with E-state index in [2.05, 4.69) is 41.5 Å². The van der Waals surface area contributed by atoms with E-state index in [0.29, 0.717) is 28.8 Å². The molecule has 0 saturated carbocycles. The topological polar surface area (TPSA) is 103 Å². The van der Waals surface area contributed by atoms with Crippen LogP contribution in [-0.4, -0.2) is 25.6 Å². The number of nitrogens with zero attached hydrogens (tertiary/aromatic N) is 4. The molecule has 1 atom stereocenters. The molecule has 0 fully saturated rings. The minimum absolute atomic E-state index is 0.0126. The fourth-order valence-electron chi connectivity index (χ4n) is 3.80. The fraction of sp³-hybridized carbons (Fsp3) is 0.423. The maximum atomic E-state index is 12.5. The minimum Gasteiger partial charge on any atom is -0.346 e. The number of hydrogen-bond donors (Lipinski definition) is 1. The average molecular weight is 496 g/mol. The Hall–Kier alpha value is -3.20. The molecule has 2 aromatic carbocycles. The van der Waals surface area contributed by atoms with E-state index >= 15 is 0 Å². The highest BCUT2D eigenvalue weighted by Crippen LogP contribution is 2.29. The summed E-state index contributed by atoms with van der Waals surface area (Å²) in [6.45, 7) is 6.13. The largest absolute Gasteiger partial charge is 0.346 e. The zero-order valence-corrected chi connectivity index (χ0v) is 21.4. The van der Waals surface area contributed by atoms with Crippen molar-refractivity contribution in [1.82, 2.24) is 20.1 Å². The summed E-state index contributed by atoms with van der Waals surface area (Å²) < 4.78 is 1.87. The van der Waals surface area contributed by atoms with Gasteiger partial charge in [-0.25, -0.2) is 0 Å². The quantitative estimate of drug-likeness (QED) is 0.129. The van der Waals surface area contributed by atoms with Crippen molar-refractivity contribution in [3.63, 3.8) is 0 Å². The molecular weight excluding hydrogens is 462 g/mol. The molecule has 9 heteroatoms. The molecule has 1 aromatic heterocycles. The van der Waals surface area contributed by atoms with Gasteiger partial charge in [0.1, 0.15) is 0 Å². The van der Waals surface area contributed by atoms with Crippen molar-refractivity contribution in [2.24, 2.45) is 0 Å². The molecule has 1 amide bonds. The lowest BCUT2D eigenvalue weighted by molar-refractivity contribution is -0.384. The van der Waals surface area contributed by atoms with E-state index in [1.54, 1.807) is 23.9 Å². The van der Waals surface area contributed by atoms with Gasteiger partial charge in [-0.15, -0.1) is 10.2 Å². The van der Waals surface area contributed by atoms with Crippen LogP contribution >= 0.6 is 11.8 Å². The second kappa shape index (κ2) is 13.0. The first-order chi connectivity index (χ1) is 16.9. The van der Waals surface area contributed by atoms with Crippen molar-refractivity contribution < 1.29 is 9.72 Å². The SMILES string of the molecule is CCCCCCCC(=O)NC(C)c1nnc(SCc2ccccc2C)n1-c1ccc([N+](=O)[O-])cc1. The first kappa shape index (κ1) is 26.4. The Morgan fingerprint density at radius 2 is 1.80 bits per heavy atom. The van der Waals surface area contributed by atoms with Crippen LogP contribution in [-0.2, 0) is 10.5 Å². The van der Waals surface area contributed by atoms with Crippen molar-refractivity contribution in [2.45, 2.75) is 76.2 Å². The second-order valence-corrected chi connectivity index (χ2v) is 9.56. The van der Waals surface area contributed by atoms with Crippen LogP contribution < -0.4 is 5.32 Å².